The molecule has 6 nitrogen and oxygen atoms in total. The van der Waals surface area contributed by atoms with Crippen LogP contribution in [0.4, 0.5) is 4.79 Å². The first-order valence-corrected chi connectivity index (χ1v) is 11.2. The van der Waals surface area contributed by atoms with Crippen molar-refractivity contribution in [2.75, 3.05) is 40.4 Å². The summed E-state index contributed by atoms with van der Waals surface area (Å²) in [5.41, 5.74) is 3.73. The number of piperidine rings is 1. The highest BCUT2D eigenvalue weighted by Crippen LogP contribution is 2.33. The topological polar surface area (TPSA) is 54.0 Å². The molecule has 2 aromatic rings. The van der Waals surface area contributed by atoms with Crippen LogP contribution in [0.1, 0.15) is 29.5 Å². The number of hydrogen-bond donors (Lipinski definition) is 1. The Morgan fingerprint density at radius 1 is 1.00 bits per heavy atom. The van der Waals surface area contributed by atoms with Crippen LogP contribution >= 0.6 is 0 Å². The molecule has 1 fully saturated rings. The molecule has 2 heterocycles. The van der Waals surface area contributed by atoms with Gasteiger partial charge >= 0.3 is 6.03 Å². The fourth-order valence-corrected chi connectivity index (χ4v) is 4.59. The van der Waals surface area contributed by atoms with Gasteiger partial charge in [0.1, 0.15) is 0 Å². The summed E-state index contributed by atoms with van der Waals surface area (Å²) in [6.07, 6.45) is 3.10. The van der Waals surface area contributed by atoms with Crippen molar-refractivity contribution in [1.82, 2.24) is 15.1 Å². The molecule has 1 saturated heterocycles. The Kier molecular flexibility index (Phi) is 6.97. The van der Waals surface area contributed by atoms with E-state index in [1.165, 1.54) is 11.1 Å². The van der Waals surface area contributed by atoms with Gasteiger partial charge in [0, 0.05) is 26.2 Å². The summed E-state index contributed by atoms with van der Waals surface area (Å²) in [7, 11) is 3.29. The summed E-state index contributed by atoms with van der Waals surface area (Å²) < 4.78 is 10.8. The van der Waals surface area contributed by atoms with Gasteiger partial charge in [-0.1, -0.05) is 30.3 Å². The van der Waals surface area contributed by atoms with Crippen molar-refractivity contribution in [3.63, 3.8) is 0 Å². The minimum atomic E-state index is 0.0344. The second kappa shape index (κ2) is 10.1. The molecule has 0 atom stereocenters. The highest BCUT2D eigenvalue weighted by Gasteiger charge is 2.24. The SMILES string of the molecule is COc1cc2c(cc1OC)CN(C(=O)NCC1CCN(Cc3ccccc3)CC1)CC2. The van der Waals surface area contributed by atoms with Gasteiger partial charge in [0.05, 0.1) is 14.2 Å². The lowest BCUT2D eigenvalue weighted by Gasteiger charge is -2.33. The first kappa shape index (κ1) is 21.5. The number of methoxy groups -OCH3 is 2. The number of likely N-dealkylation sites (tertiary alicyclic amines) is 1. The number of hydrogen-bond acceptors (Lipinski definition) is 4. The molecule has 166 valence electrons. The van der Waals surface area contributed by atoms with E-state index in [9.17, 15) is 4.79 Å². The average Bonchev–Trinajstić information content (AvgIpc) is 2.82. The Balaban J connectivity index is 1.24. The lowest BCUT2D eigenvalue weighted by molar-refractivity contribution is 0.166. The number of carbonyl (C=O) groups excluding carboxylic acids is 1. The molecule has 2 aliphatic rings. The second-order valence-corrected chi connectivity index (χ2v) is 8.54. The van der Waals surface area contributed by atoms with Gasteiger partial charge < -0.3 is 19.7 Å². The van der Waals surface area contributed by atoms with Crippen LogP contribution < -0.4 is 14.8 Å². The zero-order chi connectivity index (χ0) is 21.6. The molecule has 1 N–H and O–H groups in total. The van der Waals surface area contributed by atoms with Crippen LogP contribution in [-0.2, 0) is 19.5 Å². The molecule has 4 rings (SSSR count). The van der Waals surface area contributed by atoms with Crippen LogP contribution in [0.25, 0.3) is 0 Å². The molecule has 0 spiro atoms. The quantitative estimate of drug-likeness (QED) is 0.770. The second-order valence-electron chi connectivity index (χ2n) is 8.54. The Labute approximate surface area is 185 Å². The number of carbonyl (C=O) groups is 1. The third-order valence-corrected chi connectivity index (χ3v) is 6.50. The molecule has 0 unspecified atom stereocenters. The van der Waals surface area contributed by atoms with E-state index in [2.05, 4.69) is 40.5 Å². The van der Waals surface area contributed by atoms with E-state index in [1.807, 2.05) is 17.0 Å². The highest BCUT2D eigenvalue weighted by molar-refractivity contribution is 5.74. The maximum absolute atomic E-state index is 12.8. The van der Waals surface area contributed by atoms with Gasteiger partial charge in [0.15, 0.2) is 11.5 Å². The molecule has 0 bridgehead atoms. The summed E-state index contributed by atoms with van der Waals surface area (Å²) in [4.78, 5) is 17.2. The van der Waals surface area contributed by atoms with E-state index in [1.54, 1.807) is 14.2 Å². The zero-order valence-corrected chi connectivity index (χ0v) is 18.6. The molecule has 2 aromatic carbocycles. The predicted octanol–water partition coefficient (Wildman–Crippen LogP) is 3.68. The van der Waals surface area contributed by atoms with Gasteiger partial charge in [-0.3, -0.25) is 4.90 Å². The van der Waals surface area contributed by atoms with E-state index in [0.29, 0.717) is 18.2 Å². The van der Waals surface area contributed by atoms with E-state index < -0.39 is 0 Å². The number of benzene rings is 2. The summed E-state index contributed by atoms with van der Waals surface area (Å²) in [5.74, 6) is 2.01. The van der Waals surface area contributed by atoms with Crippen molar-refractivity contribution in [2.45, 2.75) is 32.4 Å². The largest absolute Gasteiger partial charge is 0.493 e. The van der Waals surface area contributed by atoms with E-state index in [0.717, 1.165) is 63.3 Å². The molecule has 0 aromatic heterocycles. The van der Waals surface area contributed by atoms with Crippen LogP contribution in [0, 0.1) is 5.92 Å². The number of nitrogens with zero attached hydrogens (tertiary/aromatic N) is 2. The third kappa shape index (κ3) is 5.31. The van der Waals surface area contributed by atoms with Crippen molar-refractivity contribution < 1.29 is 14.3 Å². The van der Waals surface area contributed by atoms with Crippen LogP contribution in [-0.4, -0.2) is 56.2 Å². The van der Waals surface area contributed by atoms with Crippen LogP contribution in [0.5, 0.6) is 11.5 Å². The standard InChI is InChI=1S/C25H33N3O3/c1-30-23-14-21-10-13-28(18-22(21)15-24(23)31-2)25(29)26-16-19-8-11-27(12-9-19)17-20-6-4-3-5-7-20/h3-7,14-15,19H,8-13,16-18H2,1-2H3,(H,26,29). The Morgan fingerprint density at radius 3 is 2.35 bits per heavy atom. The normalized spacial score (nSPS) is 17.2. The Morgan fingerprint density at radius 2 is 1.68 bits per heavy atom. The monoisotopic (exact) mass is 423 g/mol. The van der Waals surface area contributed by atoms with Gasteiger partial charge in [-0.25, -0.2) is 4.79 Å². The average molecular weight is 424 g/mol. The summed E-state index contributed by atoms with van der Waals surface area (Å²) in [6, 6.07) is 14.7. The molecule has 0 aliphatic carbocycles. The highest BCUT2D eigenvalue weighted by atomic mass is 16.5. The maximum atomic E-state index is 12.8. The number of fused-ring (bicyclic) bond motifs is 1. The number of urea groups is 1. The van der Waals surface area contributed by atoms with Gasteiger partial charge in [0.2, 0.25) is 0 Å². The summed E-state index contributed by atoms with van der Waals surface area (Å²) in [5, 5.41) is 3.18. The molecular weight excluding hydrogens is 390 g/mol. The van der Waals surface area contributed by atoms with Crippen molar-refractivity contribution in [3.05, 3.63) is 59.2 Å². The molecule has 6 heteroatoms. The summed E-state index contributed by atoms with van der Waals surface area (Å²) >= 11 is 0. The zero-order valence-electron chi connectivity index (χ0n) is 18.6. The minimum Gasteiger partial charge on any atom is -0.493 e. The molecule has 0 radical (unpaired) electrons. The molecule has 0 saturated carbocycles. The number of ether oxygens (including phenoxy) is 2. The van der Waals surface area contributed by atoms with Crippen molar-refractivity contribution in [3.8, 4) is 11.5 Å². The van der Waals surface area contributed by atoms with E-state index in [4.69, 9.17) is 9.47 Å². The number of nitrogens with one attached hydrogen (secondary N) is 1. The van der Waals surface area contributed by atoms with Gasteiger partial charge in [-0.05, 0) is 67.1 Å². The Bertz CT molecular complexity index is 879. The first-order valence-electron chi connectivity index (χ1n) is 11.2. The fraction of sp³-hybridized carbons (Fsp3) is 0.480. The fourth-order valence-electron chi connectivity index (χ4n) is 4.59. The van der Waals surface area contributed by atoms with E-state index >= 15 is 0 Å². The van der Waals surface area contributed by atoms with E-state index in [-0.39, 0.29) is 6.03 Å². The van der Waals surface area contributed by atoms with Crippen molar-refractivity contribution in [2.24, 2.45) is 5.92 Å². The number of amides is 2. The van der Waals surface area contributed by atoms with Gasteiger partial charge in [0.25, 0.3) is 0 Å². The first-order chi connectivity index (χ1) is 15.2. The number of rotatable bonds is 6. The molecule has 2 aliphatic heterocycles. The molecule has 2 amide bonds. The van der Waals surface area contributed by atoms with Gasteiger partial charge in [-0.15, -0.1) is 0 Å². The smallest absolute Gasteiger partial charge is 0.317 e. The third-order valence-electron chi connectivity index (χ3n) is 6.50. The Hall–Kier alpha value is -2.73. The molecule has 31 heavy (non-hydrogen) atoms. The maximum Gasteiger partial charge on any atom is 0.317 e. The summed E-state index contributed by atoms with van der Waals surface area (Å²) in [6.45, 7) is 5.29. The van der Waals surface area contributed by atoms with Gasteiger partial charge in [-0.2, -0.15) is 0 Å². The molecular formula is C25H33N3O3. The van der Waals surface area contributed by atoms with Crippen LogP contribution in [0.3, 0.4) is 0 Å². The lowest BCUT2D eigenvalue weighted by Crippen LogP contribution is -2.45. The minimum absolute atomic E-state index is 0.0344. The predicted molar refractivity (Wildman–Crippen MR) is 122 cm³/mol. The lowest BCUT2D eigenvalue weighted by atomic mass is 9.96. The van der Waals surface area contributed by atoms with Crippen LogP contribution in [0.15, 0.2) is 42.5 Å². The van der Waals surface area contributed by atoms with Crippen LogP contribution in [0.2, 0.25) is 0 Å². The van der Waals surface area contributed by atoms with Crippen molar-refractivity contribution >= 4 is 6.03 Å². The van der Waals surface area contributed by atoms with Crippen molar-refractivity contribution in [1.29, 1.82) is 0 Å².